The normalized spacial score (nSPS) is 18.0. The molecule has 2 aliphatic heterocycles. The van der Waals surface area contributed by atoms with Gasteiger partial charge in [-0.05, 0) is 60.9 Å². The number of benzene rings is 1. The number of hydrogen-bond acceptors (Lipinski definition) is 9. The van der Waals surface area contributed by atoms with Gasteiger partial charge in [0.25, 0.3) is 5.91 Å². The molecule has 1 fully saturated rings. The van der Waals surface area contributed by atoms with E-state index in [1.165, 1.54) is 6.20 Å². The zero-order valence-electron chi connectivity index (χ0n) is 21.4. The van der Waals surface area contributed by atoms with Gasteiger partial charge in [-0.2, -0.15) is 4.99 Å². The van der Waals surface area contributed by atoms with Gasteiger partial charge < -0.3 is 15.0 Å². The van der Waals surface area contributed by atoms with Gasteiger partial charge in [0.1, 0.15) is 11.5 Å². The molecule has 11 heteroatoms. The number of morpholine rings is 1. The molecule has 1 aromatic heterocycles. The predicted molar refractivity (Wildman–Crippen MR) is 149 cm³/mol. The van der Waals surface area contributed by atoms with Crippen LogP contribution in [0.2, 0.25) is 0 Å². The van der Waals surface area contributed by atoms with Crippen LogP contribution in [0.15, 0.2) is 70.4 Å². The number of halogens is 1. The summed E-state index contributed by atoms with van der Waals surface area (Å²) < 4.78 is 19.7. The van der Waals surface area contributed by atoms with Crippen molar-refractivity contribution in [1.82, 2.24) is 20.7 Å². The maximum atomic E-state index is 14.3. The van der Waals surface area contributed by atoms with Crippen molar-refractivity contribution in [2.75, 3.05) is 38.2 Å². The lowest BCUT2D eigenvalue weighted by molar-refractivity contribution is 0.0651. The summed E-state index contributed by atoms with van der Waals surface area (Å²) in [5.74, 6) is -0.0320. The van der Waals surface area contributed by atoms with Crippen molar-refractivity contribution in [2.45, 2.75) is 20.0 Å². The number of hydrazine groups is 1. The van der Waals surface area contributed by atoms with Crippen molar-refractivity contribution < 1.29 is 13.9 Å². The van der Waals surface area contributed by atoms with E-state index in [-0.39, 0.29) is 18.2 Å². The highest BCUT2D eigenvalue weighted by Crippen LogP contribution is 2.23. The van der Waals surface area contributed by atoms with Gasteiger partial charge in [-0.15, -0.1) is 0 Å². The number of amidine groups is 1. The van der Waals surface area contributed by atoms with Crippen molar-refractivity contribution in [3.63, 3.8) is 0 Å². The molecule has 1 saturated heterocycles. The van der Waals surface area contributed by atoms with E-state index in [0.717, 1.165) is 28.1 Å². The fourth-order valence-electron chi connectivity index (χ4n) is 3.93. The molecule has 1 amide bonds. The molecule has 3 heterocycles. The number of amides is 1. The number of aromatic nitrogens is 1. The Balaban J connectivity index is 1.36. The van der Waals surface area contributed by atoms with Crippen molar-refractivity contribution in [1.29, 1.82) is 0 Å². The molecular formula is C27H31FN8O2. The number of aliphatic imine (C=N–C) groups is 3. The maximum Gasteiger partial charge on any atom is 0.288 e. The number of nitrogens with one attached hydrogen (secondary N) is 3. The van der Waals surface area contributed by atoms with E-state index in [4.69, 9.17) is 4.74 Å². The number of rotatable bonds is 6. The Bertz CT molecular complexity index is 1280. The summed E-state index contributed by atoms with van der Waals surface area (Å²) >= 11 is 0. The third-order valence-corrected chi connectivity index (χ3v) is 5.86. The van der Waals surface area contributed by atoms with E-state index in [2.05, 4.69) is 48.8 Å². The number of aryl methyl sites for hydroxylation is 1. The first kappa shape index (κ1) is 26.7. The third-order valence-electron chi connectivity index (χ3n) is 5.86. The third kappa shape index (κ3) is 7.10. The summed E-state index contributed by atoms with van der Waals surface area (Å²) in [4.78, 5) is 31.0. The van der Waals surface area contributed by atoms with Crippen LogP contribution in [0.1, 0.15) is 28.5 Å². The van der Waals surface area contributed by atoms with Gasteiger partial charge in [0.15, 0.2) is 6.17 Å². The van der Waals surface area contributed by atoms with Crippen LogP contribution in [0.5, 0.6) is 0 Å². The monoisotopic (exact) mass is 518 g/mol. The molecule has 0 saturated carbocycles. The van der Waals surface area contributed by atoms with E-state index in [9.17, 15) is 9.18 Å². The Morgan fingerprint density at radius 2 is 2.05 bits per heavy atom. The Morgan fingerprint density at radius 3 is 2.79 bits per heavy atom. The summed E-state index contributed by atoms with van der Waals surface area (Å²) in [7, 11) is 0. The molecule has 0 radical (unpaired) electrons. The Hall–Kier alpha value is -4.38. The maximum absolute atomic E-state index is 14.3. The molecule has 38 heavy (non-hydrogen) atoms. The molecule has 10 nitrogen and oxygen atoms in total. The standard InChI is InChI=1S/C27H31FN8O2/c1-4-29-8-7-19(3)20-13-18(2)14-22(15-20)32-21-5-6-24(30-16-21)26(37)34-35-27-31-17-23(28)25(33-27)36-9-11-38-12-10-36/h4-8,13-16,23,32H,1,9-12,17H2,2-3H3,(H,31,35)(H,34,37)/b19-7+,29-8-. The fourth-order valence-corrected chi connectivity index (χ4v) is 3.93. The van der Waals surface area contributed by atoms with Crippen LogP contribution in [0.4, 0.5) is 15.8 Å². The van der Waals surface area contributed by atoms with Crippen LogP contribution in [0.25, 0.3) is 5.57 Å². The van der Waals surface area contributed by atoms with E-state index in [0.29, 0.717) is 32.1 Å². The molecule has 2 aliphatic rings. The molecule has 0 aliphatic carbocycles. The van der Waals surface area contributed by atoms with Gasteiger partial charge in [-0.1, -0.05) is 12.6 Å². The first-order valence-corrected chi connectivity index (χ1v) is 12.2. The lowest BCUT2D eigenvalue weighted by atomic mass is 10.0. The highest BCUT2D eigenvalue weighted by Gasteiger charge is 2.27. The largest absolute Gasteiger partial charge is 0.378 e. The first-order chi connectivity index (χ1) is 18.4. The second-order valence-electron chi connectivity index (χ2n) is 8.76. The van der Waals surface area contributed by atoms with Crippen molar-refractivity contribution in [3.05, 3.63) is 72.2 Å². The van der Waals surface area contributed by atoms with Gasteiger partial charge in [-0.3, -0.25) is 20.6 Å². The summed E-state index contributed by atoms with van der Waals surface area (Å²) in [5, 5.41) is 3.32. The van der Waals surface area contributed by atoms with E-state index in [1.54, 1.807) is 24.5 Å². The number of pyridine rings is 1. The Kier molecular flexibility index (Phi) is 8.94. The van der Waals surface area contributed by atoms with Crippen LogP contribution < -0.4 is 16.2 Å². The highest BCUT2D eigenvalue weighted by molar-refractivity contribution is 6.01. The number of ether oxygens (including phenoxy) is 1. The molecule has 0 spiro atoms. The number of carbonyl (C=O) groups is 1. The van der Waals surface area contributed by atoms with Crippen LogP contribution in [0, 0.1) is 6.92 Å². The zero-order valence-corrected chi connectivity index (χ0v) is 21.4. The lowest BCUT2D eigenvalue weighted by Gasteiger charge is -2.32. The fraction of sp³-hybridized carbons (Fsp3) is 0.296. The molecule has 0 bridgehead atoms. The first-order valence-electron chi connectivity index (χ1n) is 12.2. The summed E-state index contributed by atoms with van der Waals surface area (Å²) in [6, 6.07) is 9.52. The number of hydrogen-bond donors (Lipinski definition) is 3. The minimum Gasteiger partial charge on any atom is -0.378 e. The molecule has 4 rings (SSSR count). The summed E-state index contributed by atoms with van der Waals surface area (Å²) in [6.07, 6.45) is 5.41. The van der Waals surface area contributed by atoms with Crippen molar-refractivity contribution >= 4 is 40.9 Å². The van der Waals surface area contributed by atoms with Crippen LogP contribution in [-0.4, -0.2) is 72.8 Å². The molecular weight excluding hydrogens is 487 g/mol. The smallest absolute Gasteiger partial charge is 0.288 e. The van der Waals surface area contributed by atoms with Gasteiger partial charge in [0, 0.05) is 31.2 Å². The lowest BCUT2D eigenvalue weighted by Crippen LogP contribution is -2.49. The van der Waals surface area contributed by atoms with E-state index in [1.807, 2.05) is 37.0 Å². The topological polar surface area (TPSA) is 116 Å². The van der Waals surface area contributed by atoms with Gasteiger partial charge in [0.05, 0.1) is 31.6 Å². The van der Waals surface area contributed by atoms with Crippen LogP contribution >= 0.6 is 0 Å². The molecule has 1 aromatic carbocycles. The molecule has 1 atom stereocenters. The average Bonchev–Trinajstić information content (AvgIpc) is 2.93. The number of nitrogens with zero attached hydrogens (tertiary/aromatic N) is 5. The van der Waals surface area contributed by atoms with Gasteiger partial charge in [-0.25, -0.2) is 14.4 Å². The van der Waals surface area contributed by atoms with Crippen molar-refractivity contribution in [2.24, 2.45) is 15.0 Å². The predicted octanol–water partition coefficient (Wildman–Crippen LogP) is 3.42. The minimum absolute atomic E-state index is 0.0641. The summed E-state index contributed by atoms with van der Waals surface area (Å²) in [6.45, 7) is 9.72. The van der Waals surface area contributed by atoms with Crippen molar-refractivity contribution in [3.8, 4) is 0 Å². The van der Waals surface area contributed by atoms with E-state index >= 15 is 0 Å². The molecule has 1 unspecified atom stereocenters. The van der Waals surface area contributed by atoms with Crippen LogP contribution in [0.3, 0.4) is 0 Å². The number of alkyl halides is 1. The van der Waals surface area contributed by atoms with Crippen LogP contribution in [-0.2, 0) is 4.74 Å². The molecule has 2 aromatic rings. The zero-order chi connectivity index (χ0) is 26.9. The van der Waals surface area contributed by atoms with Gasteiger partial charge >= 0.3 is 0 Å². The highest BCUT2D eigenvalue weighted by atomic mass is 19.1. The summed E-state index contributed by atoms with van der Waals surface area (Å²) in [5.41, 5.74) is 10.2. The van der Waals surface area contributed by atoms with E-state index < -0.39 is 12.1 Å². The second-order valence-corrected chi connectivity index (χ2v) is 8.76. The average molecular weight is 519 g/mol. The number of anilines is 2. The quantitative estimate of drug-likeness (QED) is 0.399. The number of allylic oxidation sites excluding steroid dienone is 2. The second kappa shape index (κ2) is 12.7. The van der Waals surface area contributed by atoms with Gasteiger partial charge in [0.2, 0.25) is 5.96 Å². The Morgan fingerprint density at radius 1 is 1.24 bits per heavy atom. The molecule has 3 N–H and O–H groups in total. The number of guanidine groups is 1. The number of carbonyl (C=O) groups excluding carboxylic acids is 1. The minimum atomic E-state index is -1.29. The SMILES string of the molecule is C=C/N=C\C=C(/C)c1cc(C)cc(Nc2ccc(C(=O)NNC3=NCC(F)C(N4CCOCC4)=N3)nc2)c1. The Labute approximate surface area is 221 Å². The molecule has 198 valence electrons.